The molecule has 1 aromatic rings. The number of amidine groups is 1. The van der Waals surface area contributed by atoms with Gasteiger partial charge in [-0.15, -0.1) is 16.8 Å². The summed E-state index contributed by atoms with van der Waals surface area (Å²) >= 11 is 0. The Bertz CT molecular complexity index is 797. The molecule has 0 bridgehead atoms. The average molecular weight is 401 g/mol. The van der Waals surface area contributed by atoms with Crippen LogP contribution in [-0.4, -0.2) is 63.2 Å². The van der Waals surface area contributed by atoms with E-state index in [1.807, 2.05) is 9.80 Å². The number of hydrogen-bond acceptors (Lipinski definition) is 5. The number of halogens is 1. The molecule has 1 atom stereocenters. The minimum absolute atomic E-state index is 0. The van der Waals surface area contributed by atoms with Crippen molar-refractivity contribution >= 4 is 34.2 Å². The lowest BCUT2D eigenvalue weighted by atomic mass is 10.1. The van der Waals surface area contributed by atoms with Gasteiger partial charge in [-0.25, -0.2) is 0 Å². The summed E-state index contributed by atoms with van der Waals surface area (Å²) in [4.78, 5) is 16.2. The summed E-state index contributed by atoms with van der Waals surface area (Å²) < 4.78 is 28.1. The summed E-state index contributed by atoms with van der Waals surface area (Å²) in [6, 6.07) is 6.82. The number of sulfonamides is 1. The number of carbonyl (C=O) groups is 1. The number of likely N-dealkylation sites (tertiary alicyclic amines) is 1. The molecule has 1 fully saturated rings. The lowest BCUT2D eigenvalue weighted by Gasteiger charge is -2.20. The van der Waals surface area contributed by atoms with Crippen LogP contribution in [0.1, 0.15) is 24.8 Å². The van der Waals surface area contributed by atoms with Crippen LogP contribution in [0.15, 0.2) is 33.6 Å². The predicted molar refractivity (Wildman–Crippen MR) is 103 cm³/mol. The standard InChI is InChI=1S/C17H24N4O3S.ClH/c1-20(9-4-7-16(22)21-10-8-13(11-18)12-21)17-14-5-2-3-6-15(14)25(23,24)19-17;/h2-3,5-6,13H,4,7-12,18H2,1H3;1H. The van der Waals surface area contributed by atoms with Crippen molar-refractivity contribution in [2.45, 2.75) is 24.2 Å². The number of nitrogens with zero attached hydrogens (tertiary/aromatic N) is 3. The third-order valence-electron chi connectivity index (χ3n) is 4.83. The Kier molecular flexibility index (Phi) is 6.65. The fourth-order valence-electron chi connectivity index (χ4n) is 3.35. The number of benzene rings is 1. The van der Waals surface area contributed by atoms with Gasteiger partial charge in [0.25, 0.3) is 10.0 Å². The molecule has 9 heteroatoms. The number of fused-ring (bicyclic) bond motifs is 1. The molecule has 2 heterocycles. The second-order valence-electron chi connectivity index (χ2n) is 6.64. The van der Waals surface area contributed by atoms with Crippen LogP contribution in [0.3, 0.4) is 0 Å². The molecule has 2 aliphatic rings. The molecule has 1 amide bonds. The van der Waals surface area contributed by atoms with Crippen LogP contribution < -0.4 is 5.73 Å². The van der Waals surface area contributed by atoms with E-state index in [1.54, 1.807) is 31.3 Å². The zero-order valence-electron chi connectivity index (χ0n) is 14.8. The molecular formula is C17H25ClN4O3S. The number of amides is 1. The topological polar surface area (TPSA) is 96.1 Å². The fourth-order valence-corrected chi connectivity index (χ4v) is 4.60. The molecule has 7 nitrogen and oxygen atoms in total. The Morgan fingerprint density at radius 3 is 2.81 bits per heavy atom. The van der Waals surface area contributed by atoms with Crippen molar-refractivity contribution in [2.75, 3.05) is 33.2 Å². The molecule has 2 N–H and O–H groups in total. The first-order chi connectivity index (χ1) is 11.9. The SMILES string of the molecule is CN(CCCC(=O)N1CCC(CN)C1)C1=NS(=O)(=O)c2ccccc21.Cl. The Balaban J connectivity index is 0.00000243. The van der Waals surface area contributed by atoms with E-state index in [9.17, 15) is 13.2 Å². The fraction of sp³-hybridized carbons (Fsp3) is 0.529. The van der Waals surface area contributed by atoms with Crippen molar-refractivity contribution in [2.24, 2.45) is 16.0 Å². The van der Waals surface area contributed by atoms with Crippen molar-refractivity contribution in [1.82, 2.24) is 9.80 Å². The van der Waals surface area contributed by atoms with E-state index in [0.717, 1.165) is 19.5 Å². The van der Waals surface area contributed by atoms with Crippen LogP contribution in [0.25, 0.3) is 0 Å². The first-order valence-electron chi connectivity index (χ1n) is 8.55. The van der Waals surface area contributed by atoms with Crippen LogP contribution in [0.2, 0.25) is 0 Å². The molecule has 1 aromatic carbocycles. The van der Waals surface area contributed by atoms with Gasteiger partial charge in [0.05, 0.1) is 0 Å². The molecule has 26 heavy (non-hydrogen) atoms. The third kappa shape index (κ3) is 4.19. The lowest BCUT2D eigenvalue weighted by molar-refractivity contribution is -0.130. The van der Waals surface area contributed by atoms with Crippen LogP contribution in [0, 0.1) is 5.92 Å². The molecule has 0 aromatic heterocycles. The molecule has 144 valence electrons. The second-order valence-corrected chi connectivity index (χ2v) is 8.21. The van der Waals surface area contributed by atoms with Crippen LogP contribution >= 0.6 is 12.4 Å². The quantitative estimate of drug-likeness (QED) is 0.797. The first kappa shape index (κ1) is 20.7. The minimum Gasteiger partial charge on any atom is -0.358 e. The predicted octanol–water partition coefficient (Wildman–Crippen LogP) is 1.08. The smallest absolute Gasteiger partial charge is 0.285 e. The van der Waals surface area contributed by atoms with E-state index >= 15 is 0 Å². The summed E-state index contributed by atoms with van der Waals surface area (Å²) in [5.74, 6) is 1.01. The van der Waals surface area contributed by atoms with Crippen molar-refractivity contribution in [3.05, 3.63) is 29.8 Å². The summed E-state index contributed by atoms with van der Waals surface area (Å²) in [5.41, 5.74) is 6.29. The van der Waals surface area contributed by atoms with Gasteiger partial charge in [0.15, 0.2) is 0 Å². The van der Waals surface area contributed by atoms with Crippen LogP contribution in [-0.2, 0) is 14.8 Å². The Morgan fingerprint density at radius 2 is 2.12 bits per heavy atom. The molecule has 0 saturated carbocycles. The number of carbonyl (C=O) groups excluding carboxylic acids is 1. The Labute approximate surface area is 160 Å². The van der Waals surface area contributed by atoms with Crippen LogP contribution in [0.5, 0.6) is 0 Å². The molecule has 2 aliphatic heterocycles. The van der Waals surface area contributed by atoms with E-state index in [2.05, 4.69) is 4.40 Å². The first-order valence-corrected chi connectivity index (χ1v) is 9.99. The lowest BCUT2D eigenvalue weighted by Crippen LogP contribution is -2.32. The molecule has 0 radical (unpaired) electrons. The minimum atomic E-state index is -3.60. The van der Waals surface area contributed by atoms with Gasteiger partial charge in [0, 0.05) is 38.7 Å². The van der Waals surface area contributed by atoms with Gasteiger partial charge in [-0.3, -0.25) is 4.79 Å². The van der Waals surface area contributed by atoms with Gasteiger partial charge < -0.3 is 15.5 Å². The van der Waals surface area contributed by atoms with E-state index in [4.69, 9.17) is 5.73 Å². The van der Waals surface area contributed by atoms with E-state index < -0.39 is 10.0 Å². The Morgan fingerprint density at radius 1 is 1.38 bits per heavy atom. The summed E-state index contributed by atoms with van der Waals surface area (Å²) in [6.45, 7) is 2.74. The van der Waals surface area contributed by atoms with Crippen LogP contribution in [0.4, 0.5) is 0 Å². The van der Waals surface area contributed by atoms with Gasteiger partial charge in [-0.05, 0) is 37.4 Å². The summed E-state index contributed by atoms with van der Waals surface area (Å²) in [5, 5.41) is 0. The van der Waals surface area contributed by atoms with Crippen molar-refractivity contribution in [3.63, 3.8) is 0 Å². The maximum Gasteiger partial charge on any atom is 0.285 e. The highest BCUT2D eigenvalue weighted by atomic mass is 35.5. The second kappa shape index (κ2) is 8.37. The zero-order valence-corrected chi connectivity index (χ0v) is 16.4. The van der Waals surface area contributed by atoms with E-state index in [1.165, 1.54) is 0 Å². The molecule has 0 aliphatic carbocycles. The molecule has 1 unspecified atom stereocenters. The average Bonchev–Trinajstić information content (AvgIpc) is 3.18. The van der Waals surface area contributed by atoms with Crippen molar-refractivity contribution < 1.29 is 13.2 Å². The van der Waals surface area contributed by atoms with Crippen molar-refractivity contribution in [1.29, 1.82) is 0 Å². The number of rotatable bonds is 5. The number of hydrogen-bond donors (Lipinski definition) is 1. The summed E-state index contributed by atoms with van der Waals surface area (Å²) in [6.07, 6.45) is 2.08. The van der Waals surface area contributed by atoms with Gasteiger partial charge in [-0.2, -0.15) is 8.42 Å². The van der Waals surface area contributed by atoms with Gasteiger partial charge in [-0.1, -0.05) is 12.1 Å². The van der Waals surface area contributed by atoms with Gasteiger partial charge >= 0.3 is 0 Å². The molecule has 1 saturated heterocycles. The molecule has 3 rings (SSSR count). The van der Waals surface area contributed by atoms with Gasteiger partial charge in [0.1, 0.15) is 10.7 Å². The monoisotopic (exact) mass is 400 g/mol. The highest BCUT2D eigenvalue weighted by Crippen LogP contribution is 2.27. The Hall–Kier alpha value is -1.64. The van der Waals surface area contributed by atoms with E-state index in [0.29, 0.717) is 43.2 Å². The van der Waals surface area contributed by atoms with Gasteiger partial charge in [0.2, 0.25) is 5.91 Å². The third-order valence-corrected chi connectivity index (χ3v) is 6.16. The molecular weight excluding hydrogens is 376 g/mol. The summed E-state index contributed by atoms with van der Waals surface area (Å²) in [7, 11) is -1.80. The molecule has 0 spiro atoms. The zero-order chi connectivity index (χ0) is 18.0. The van der Waals surface area contributed by atoms with E-state index in [-0.39, 0.29) is 23.2 Å². The number of nitrogens with two attached hydrogens (primary N) is 1. The maximum atomic E-state index is 12.3. The largest absolute Gasteiger partial charge is 0.358 e. The normalized spacial score (nSPS) is 20.3. The van der Waals surface area contributed by atoms with Crippen molar-refractivity contribution in [3.8, 4) is 0 Å². The highest BCUT2D eigenvalue weighted by Gasteiger charge is 2.30. The maximum absolute atomic E-state index is 12.3. The highest BCUT2D eigenvalue weighted by molar-refractivity contribution is 7.90.